The van der Waals surface area contributed by atoms with E-state index in [0.717, 1.165) is 10.6 Å². The van der Waals surface area contributed by atoms with E-state index in [0.29, 0.717) is 22.6 Å². The van der Waals surface area contributed by atoms with Gasteiger partial charge in [-0.25, -0.2) is 9.37 Å². The molecule has 3 N–H and O–H groups in total. The number of thioether (sulfide) groups is 1. The van der Waals surface area contributed by atoms with E-state index in [1.807, 2.05) is 12.3 Å². The summed E-state index contributed by atoms with van der Waals surface area (Å²) >= 11 is 1.64. The molecule has 7 nitrogen and oxygen atoms in total. The van der Waals surface area contributed by atoms with Crippen LogP contribution in [0.1, 0.15) is 30.7 Å². The van der Waals surface area contributed by atoms with Crippen molar-refractivity contribution in [1.82, 2.24) is 14.8 Å². The summed E-state index contributed by atoms with van der Waals surface area (Å²) in [5.41, 5.74) is 2.89. The summed E-state index contributed by atoms with van der Waals surface area (Å²) in [6.45, 7) is 0. The van der Waals surface area contributed by atoms with Gasteiger partial charge in [0.1, 0.15) is 17.4 Å². The maximum Gasteiger partial charge on any atom is 0.277 e. The number of nitrogens with zero attached hydrogens (tertiary/aromatic N) is 2. The Kier molecular flexibility index (Phi) is 4.57. The highest BCUT2D eigenvalue weighted by Gasteiger charge is 2.43. The number of nitrogens with one attached hydrogen (secondary N) is 3. The largest absolute Gasteiger partial charge is 0.354 e. The second-order valence-corrected chi connectivity index (χ2v) is 8.81. The number of rotatable bonds is 6. The molecule has 156 valence electrons. The number of aryl methyl sites for hydroxylation is 1. The van der Waals surface area contributed by atoms with Crippen molar-refractivity contribution in [2.24, 2.45) is 13.0 Å². The monoisotopic (exact) mass is 427 g/mol. The van der Waals surface area contributed by atoms with E-state index in [2.05, 4.69) is 32.8 Å². The van der Waals surface area contributed by atoms with Crippen LogP contribution in [0.3, 0.4) is 0 Å². The topological polar surface area (TPSA) is 91.8 Å². The van der Waals surface area contributed by atoms with Gasteiger partial charge in [0, 0.05) is 18.0 Å². The summed E-state index contributed by atoms with van der Waals surface area (Å²) in [5.74, 6) is -0.0849. The van der Waals surface area contributed by atoms with Gasteiger partial charge in [-0.15, -0.1) is 11.8 Å². The van der Waals surface area contributed by atoms with E-state index in [9.17, 15) is 14.0 Å². The van der Waals surface area contributed by atoms with Crippen molar-refractivity contribution in [3.8, 4) is 0 Å². The van der Waals surface area contributed by atoms with Gasteiger partial charge in [0.25, 0.3) is 5.56 Å². The van der Waals surface area contributed by atoms with Crippen LogP contribution in [0.2, 0.25) is 0 Å². The zero-order valence-electron chi connectivity index (χ0n) is 16.7. The number of hydrogen-bond donors (Lipinski definition) is 3. The van der Waals surface area contributed by atoms with E-state index in [1.165, 1.54) is 23.1 Å². The van der Waals surface area contributed by atoms with E-state index in [-0.39, 0.29) is 17.8 Å². The third kappa shape index (κ3) is 3.47. The fourth-order valence-corrected chi connectivity index (χ4v) is 4.26. The lowest BCUT2D eigenvalue weighted by Gasteiger charge is -2.14. The highest BCUT2D eigenvalue weighted by Crippen LogP contribution is 2.43. The Bertz CT molecular complexity index is 1220. The lowest BCUT2D eigenvalue weighted by Crippen LogP contribution is -2.16. The maximum absolute atomic E-state index is 13.2. The molecule has 2 unspecified atom stereocenters. The van der Waals surface area contributed by atoms with Crippen molar-refractivity contribution < 1.29 is 9.18 Å². The normalized spacial score (nSPS) is 20.4. The van der Waals surface area contributed by atoms with Crippen LogP contribution in [0.15, 0.2) is 34.0 Å². The Morgan fingerprint density at radius 2 is 2.07 bits per heavy atom. The van der Waals surface area contributed by atoms with Crippen LogP contribution in [-0.4, -0.2) is 33.1 Å². The van der Waals surface area contributed by atoms with Crippen molar-refractivity contribution in [3.05, 3.63) is 40.2 Å². The first-order chi connectivity index (χ1) is 14.4. The molecule has 2 aliphatic carbocycles. The molecule has 0 bridgehead atoms. The molecule has 1 amide bonds. The third-order valence-electron chi connectivity index (χ3n) is 5.66. The van der Waals surface area contributed by atoms with E-state index in [4.69, 9.17) is 0 Å². The number of benzene rings is 1. The molecule has 2 aliphatic rings. The Morgan fingerprint density at radius 1 is 1.30 bits per heavy atom. The number of H-pyrrole nitrogens is 1. The number of hydrogen-bond acceptors (Lipinski definition) is 5. The van der Waals surface area contributed by atoms with Crippen LogP contribution < -0.4 is 16.2 Å². The number of aromatic amines is 1. The number of aromatic nitrogens is 3. The summed E-state index contributed by atoms with van der Waals surface area (Å²) in [6, 6.07) is 7.96. The standard InChI is InChI=1S/C21H22FN5O2S/c1-27-21(29)18-15(23-14-6-5-11(10-3-4-10)7-16(14)30-2)9-17(24-19(18)26-27)25-20(28)12-8-13(12)22/h5-7,9-10,12-13H,3-4,8H2,1-2H3,(H3,23,24,25,26,28). The summed E-state index contributed by atoms with van der Waals surface area (Å²) in [6.07, 6.45) is 3.63. The molecule has 2 heterocycles. The number of amides is 1. The minimum atomic E-state index is -1.09. The van der Waals surface area contributed by atoms with E-state index in [1.54, 1.807) is 24.9 Å². The summed E-state index contributed by atoms with van der Waals surface area (Å²) in [4.78, 5) is 30.3. The number of halogens is 1. The van der Waals surface area contributed by atoms with Crippen LogP contribution >= 0.6 is 11.8 Å². The minimum Gasteiger partial charge on any atom is -0.354 e. The van der Waals surface area contributed by atoms with Gasteiger partial charge in [0.05, 0.1) is 17.3 Å². The second-order valence-electron chi connectivity index (χ2n) is 7.96. The number of carbonyl (C=O) groups is 1. The smallest absolute Gasteiger partial charge is 0.277 e. The first-order valence-electron chi connectivity index (χ1n) is 9.94. The zero-order valence-corrected chi connectivity index (χ0v) is 17.5. The van der Waals surface area contributed by atoms with Crippen molar-refractivity contribution in [1.29, 1.82) is 0 Å². The molecule has 0 saturated heterocycles. The third-order valence-corrected chi connectivity index (χ3v) is 6.43. The van der Waals surface area contributed by atoms with Crippen LogP contribution in [0.25, 0.3) is 11.0 Å². The summed E-state index contributed by atoms with van der Waals surface area (Å²) in [7, 11) is 1.61. The Labute approximate surface area is 176 Å². The number of fused-ring (bicyclic) bond motifs is 1. The molecule has 2 aromatic heterocycles. The second kappa shape index (κ2) is 7.16. The average molecular weight is 428 g/mol. The predicted molar refractivity (Wildman–Crippen MR) is 116 cm³/mol. The molecular formula is C21H22FN5O2S. The predicted octanol–water partition coefficient (Wildman–Crippen LogP) is 3.90. The van der Waals surface area contributed by atoms with Gasteiger partial charge in [0.15, 0.2) is 5.65 Å². The van der Waals surface area contributed by atoms with Crippen LogP contribution in [0.4, 0.5) is 21.6 Å². The van der Waals surface area contributed by atoms with E-state index >= 15 is 0 Å². The van der Waals surface area contributed by atoms with Gasteiger partial charge in [-0.3, -0.25) is 19.4 Å². The molecule has 30 heavy (non-hydrogen) atoms. The van der Waals surface area contributed by atoms with Crippen LogP contribution in [-0.2, 0) is 11.8 Å². The Hall–Kier alpha value is -2.81. The van der Waals surface area contributed by atoms with Gasteiger partial charge < -0.3 is 10.6 Å². The molecule has 9 heteroatoms. The quantitative estimate of drug-likeness (QED) is 0.519. The lowest BCUT2D eigenvalue weighted by molar-refractivity contribution is -0.117. The fraction of sp³-hybridized carbons (Fsp3) is 0.381. The van der Waals surface area contributed by atoms with Gasteiger partial charge in [-0.05, 0) is 49.1 Å². The van der Waals surface area contributed by atoms with Crippen molar-refractivity contribution in [3.63, 3.8) is 0 Å². The van der Waals surface area contributed by atoms with Crippen LogP contribution in [0, 0.1) is 5.92 Å². The number of alkyl halides is 1. The molecule has 0 spiro atoms. The maximum atomic E-state index is 13.2. The molecule has 0 radical (unpaired) electrons. The molecule has 2 saturated carbocycles. The molecule has 2 atom stereocenters. The Morgan fingerprint density at radius 3 is 2.73 bits per heavy atom. The first kappa shape index (κ1) is 19.2. The Balaban J connectivity index is 1.53. The number of carbonyl (C=O) groups excluding carboxylic acids is 1. The number of anilines is 3. The van der Waals surface area contributed by atoms with Crippen molar-refractivity contribution in [2.75, 3.05) is 16.9 Å². The molecule has 5 rings (SSSR count). The minimum absolute atomic E-state index is 0.218. The number of pyridine rings is 1. The lowest BCUT2D eigenvalue weighted by atomic mass is 10.1. The van der Waals surface area contributed by atoms with Gasteiger partial charge >= 0.3 is 0 Å². The van der Waals surface area contributed by atoms with Crippen LogP contribution in [0.5, 0.6) is 0 Å². The summed E-state index contributed by atoms with van der Waals surface area (Å²) in [5, 5.41) is 9.34. The highest BCUT2D eigenvalue weighted by molar-refractivity contribution is 7.98. The first-order valence-corrected chi connectivity index (χ1v) is 11.2. The van der Waals surface area contributed by atoms with Gasteiger partial charge in [-0.2, -0.15) is 0 Å². The molecular weight excluding hydrogens is 405 g/mol. The van der Waals surface area contributed by atoms with Crippen molar-refractivity contribution >= 4 is 45.9 Å². The molecule has 3 aromatic rings. The average Bonchev–Trinajstić information content (AvgIpc) is 3.63. The molecule has 1 aromatic carbocycles. The molecule has 0 aliphatic heterocycles. The van der Waals surface area contributed by atoms with Gasteiger partial charge in [0.2, 0.25) is 5.91 Å². The highest BCUT2D eigenvalue weighted by atomic mass is 32.2. The fourth-order valence-electron chi connectivity index (χ4n) is 3.66. The van der Waals surface area contributed by atoms with E-state index < -0.39 is 18.0 Å². The SMILES string of the molecule is CSc1cc(C2CC2)ccc1Nc1cc(NC(=O)C2CC2F)nc2[nH]n(C)c(=O)c12. The molecule has 2 fully saturated rings. The van der Waals surface area contributed by atoms with Gasteiger partial charge in [-0.1, -0.05) is 6.07 Å². The summed E-state index contributed by atoms with van der Waals surface area (Å²) < 4.78 is 14.6. The van der Waals surface area contributed by atoms with Crippen molar-refractivity contribution in [2.45, 2.75) is 36.2 Å². The zero-order chi connectivity index (χ0) is 21.0.